The van der Waals surface area contributed by atoms with Crippen molar-refractivity contribution < 1.29 is 26.7 Å². The van der Waals surface area contributed by atoms with Crippen LogP contribution in [0.4, 0.5) is 22.0 Å². The molecule has 29 heavy (non-hydrogen) atoms. The molecular weight excluding hydrogens is 395 g/mol. The zero-order chi connectivity index (χ0) is 21.2. The third-order valence-corrected chi connectivity index (χ3v) is 4.83. The van der Waals surface area contributed by atoms with Gasteiger partial charge >= 0.3 is 6.18 Å². The normalized spacial score (nSPS) is 15.9. The first-order valence-electron chi connectivity index (χ1n) is 9.12. The smallest absolute Gasteiger partial charge is 0.339 e. The van der Waals surface area contributed by atoms with E-state index in [1.54, 1.807) is 17.9 Å². The lowest BCUT2D eigenvalue weighted by Gasteiger charge is -2.35. The molecule has 5 nitrogen and oxygen atoms in total. The van der Waals surface area contributed by atoms with E-state index in [0.29, 0.717) is 44.0 Å². The molecule has 2 heterocycles. The predicted molar refractivity (Wildman–Crippen MR) is 95.2 cm³/mol. The second-order valence-electron chi connectivity index (χ2n) is 7.02. The van der Waals surface area contributed by atoms with Crippen molar-refractivity contribution in [3.63, 3.8) is 0 Å². The van der Waals surface area contributed by atoms with Crippen LogP contribution in [0.5, 0.6) is 0 Å². The van der Waals surface area contributed by atoms with Crippen LogP contribution >= 0.6 is 0 Å². The molecule has 1 aromatic heterocycles. The summed E-state index contributed by atoms with van der Waals surface area (Å²) >= 11 is 0. The molecule has 0 saturated carbocycles. The van der Waals surface area contributed by atoms with Crippen LogP contribution in [0.2, 0.25) is 0 Å². The second-order valence-corrected chi connectivity index (χ2v) is 7.02. The van der Waals surface area contributed by atoms with Gasteiger partial charge in [0.25, 0.3) is 6.43 Å². The summed E-state index contributed by atoms with van der Waals surface area (Å²) in [4.78, 5) is 16.0. The number of hydrogen-bond acceptors (Lipinski definition) is 3. The number of carbonyl (C=O) groups excluding carboxylic acids is 1. The summed E-state index contributed by atoms with van der Waals surface area (Å²) in [7, 11) is 0. The molecule has 158 valence electrons. The fraction of sp³-hybridized carbons (Fsp3) is 0.474. The Hall–Kier alpha value is -2.49. The molecule has 1 aliphatic rings. The van der Waals surface area contributed by atoms with Crippen LogP contribution < -0.4 is 0 Å². The number of aryl methyl sites for hydroxylation is 1. The second kappa shape index (κ2) is 8.48. The number of aromatic nitrogens is 2. The Balaban J connectivity index is 1.55. The first-order chi connectivity index (χ1) is 13.6. The summed E-state index contributed by atoms with van der Waals surface area (Å²) in [6.07, 6.45) is -7.10. The summed E-state index contributed by atoms with van der Waals surface area (Å²) in [5, 5.41) is 3.95. The molecule has 0 spiro atoms. The van der Waals surface area contributed by atoms with E-state index >= 15 is 0 Å². The van der Waals surface area contributed by atoms with E-state index in [1.807, 2.05) is 4.90 Å². The predicted octanol–water partition coefficient (Wildman–Crippen LogP) is 3.49. The van der Waals surface area contributed by atoms with Gasteiger partial charge in [-0.25, -0.2) is 8.78 Å². The zero-order valence-corrected chi connectivity index (χ0v) is 15.8. The molecule has 1 saturated heterocycles. The average molecular weight is 416 g/mol. The fourth-order valence-corrected chi connectivity index (χ4v) is 3.36. The van der Waals surface area contributed by atoms with Gasteiger partial charge < -0.3 is 4.90 Å². The minimum atomic E-state index is -4.39. The monoisotopic (exact) mass is 416 g/mol. The van der Waals surface area contributed by atoms with E-state index in [0.717, 1.165) is 16.8 Å². The highest BCUT2D eigenvalue weighted by atomic mass is 19.4. The summed E-state index contributed by atoms with van der Waals surface area (Å²) in [6, 6.07) is 6.43. The molecule has 10 heteroatoms. The Morgan fingerprint density at radius 3 is 2.45 bits per heavy atom. The van der Waals surface area contributed by atoms with E-state index in [4.69, 9.17) is 0 Å². The van der Waals surface area contributed by atoms with Crippen LogP contribution in [0.15, 0.2) is 30.3 Å². The van der Waals surface area contributed by atoms with Gasteiger partial charge in [0.1, 0.15) is 12.2 Å². The SMILES string of the molecule is Cc1cc(C(F)F)n(CC(=O)N2CCN(Cc3cccc(C(F)(F)F)c3)CC2)n1. The standard InChI is InChI=1S/C19H21F5N4O/c1-13-9-16(18(20)21)28(25-13)12-17(29)27-7-5-26(6-8-27)11-14-3-2-4-15(10-14)19(22,23)24/h2-4,9-10,18H,5-8,11-12H2,1H3. The van der Waals surface area contributed by atoms with E-state index in [-0.39, 0.29) is 18.1 Å². The van der Waals surface area contributed by atoms with Crippen molar-refractivity contribution in [2.24, 2.45) is 0 Å². The van der Waals surface area contributed by atoms with Gasteiger partial charge in [-0.15, -0.1) is 0 Å². The Labute approximate surface area is 164 Å². The molecule has 1 amide bonds. The molecule has 3 rings (SSSR count). The molecule has 1 fully saturated rings. The molecule has 1 aliphatic heterocycles. The summed E-state index contributed by atoms with van der Waals surface area (Å²) < 4.78 is 65.6. The van der Waals surface area contributed by atoms with Gasteiger partial charge in [-0.2, -0.15) is 18.3 Å². The van der Waals surface area contributed by atoms with Gasteiger partial charge in [-0.1, -0.05) is 18.2 Å². The number of amides is 1. The maximum atomic E-state index is 13.0. The molecule has 2 aromatic rings. The zero-order valence-electron chi connectivity index (χ0n) is 15.8. The molecular formula is C19H21F5N4O. The Morgan fingerprint density at radius 1 is 1.14 bits per heavy atom. The van der Waals surface area contributed by atoms with Crippen molar-refractivity contribution in [3.05, 3.63) is 52.8 Å². The summed E-state index contributed by atoms with van der Waals surface area (Å²) in [5.74, 6) is -0.311. The van der Waals surface area contributed by atoms with Crippen LogP contribution in [0.1, 0.15) is 28.9 Å². The number of nitrogens with zero attached hydrogens (tertiary/aromatic N) is 4. The minimum absolute atomic E-state index is 0.263. The molecule has 1 aromatic carbocycles. The van der Waals surface area contributed by atoms with E-state index in [9.17, 15) is 26.7 Å². The van der Waals surface area contributed by atoms with E-state index < -0.39 is 18.2 Å². The Bertz CT molecular complexity index is 857. The number of halogens is 5. The van der Waals surface area contributed by atoms with Gasteiger partial charge in [-0.3, -0.25) is 14.4 Å². The number of piperazine rings is 1. The molecule has 0 unspecified atom stereocenters. The largest absolute Gasteiger partial charge is 0.416 e. The van der Waals surface area contributed by atoms with Crippen molar-refractivity contribution in [2.45, 2.75) is 32.6 Å². The maximum Gasteiger partial charge on any atom is 0.416 e. The maximum absolute atomic E-state index is 13.0. The van der Waals surface area contributed by atoms with Gasteiger partial charge in [0.15, 0.2) is 0 Å². The van der Waals surface area contributed by atoms with E-state index in [1.165, 1.54) is 12.1 Å². The number of hydrogen-bond donors (Lipinski definition) is 0. The van der Waals surface area contributed by atoms with Gasteiger partial charge in [-0.05, 0) is 24.6 Å². The van der Waals surface area contributed by atoms with Crippen molar-refractivity contribution in [2.75, 3.05) is 26.2 Å². The minimum Gasteiger partial charge on any atom is -0.339 e. The lowest BCUT2D eigenvalue weighted by Crippen LogP contribution is -2.49. The Morgan fingerprint density at radius 2 is 1.83 bits per heavy atom. The quantitative estimate of drug-likeness (QED) is 0.701. The molecule has 0 aliphatic carbocycles. The lowest BCUT2D eigenvalue weighted by atomic mass is 10.1. The van der Waals surface area contributed by atoms with Gasteiger partial charge in [0, 0.05) is 32.7 Å². The first-order valence-corrected chi connectivity index (χ1v) is 9.12. The highest BCUT2D eigenvalue weighted by molar-refractivity contribution is 5.76. The van der Waals surface area contributed by atoms with Crippen molar-refractivity contribution in [3.8, 4) is 0 Å². The van der Waals surface area contributed by atoms with Gasteiger partial charge in [0.05, 0.1) is 11.3 Å². The number of rotatable bonds is 5. The van der Waals surface area contributed by atoms with Crippen molar-refractivity contribution >= 4 is 5.91 Å². The molecule has 0 atom stereocenters. The van der Waals surface area contributed by atoms with Crippen LogP contribution in [0, 0.1) is 6.92 Å². The molecule has 0 N–H and O–H groups in total. The third kappa shape index (κ3) is 5.31. The summed E-state index contributed by atoms with van der Waals surface area (Å²) in [5.41, 5.74) is -0.0144. The Kier molecular flexibility index (Phi) is 6.21. The number of benzene rings is 1. The lowest BCUT2D eigenvalue weighted by molar-refractivity contribution is -0.138. The van der Waals surface area contributed by atoms with Gasteiger partial charge in [0.2, 0.25) is 5.91 Å². The van der Waals surface area contributed by atoms with Crippen LogP contribution in [0.3, 0.4) is 0 Å². The highest BCUT2D eigenvalue weighted by Crippen LogP contribution is 2.29. The van der Waals surface area contributed by atoms with Crippen molar-refractivity contribution in [1.29, 1.82) is 0 Å². The van der Waals surface area contributed by atoms with E-state index in [2.05, 4.69) is 5.10 Å². The van der Waals surface area contributed by atoms with Crippen LogP contribution in [0.25, 0.3) is 0 Å². The number of alkyl halides is 5. The fourth-order valence-electron chi connectivity index (χ4n) is 3.36. The third-order valence-electron chi connectivity index (χ3n) is 4.83. The van der Waals surface area contributed by atoms with Crippen LogP contribution in [-0.4, -0.2) is 51.7 Å². The summed E-state index contributed by atoms with van der Waals surface area (Å²) in [6.45, 7) is 3.40. The first kappa shape index (κ1) is 21.2. The highest BCUT2D eigenvalue weighted by Gasteiger charge is 2.30. The van der Waals surface area contributed by atoms with Crippen LogP contribution in [-0.2, 0) is 24.1 Å². The number of carbonyl (C=O) groups is 1. The topological polar surface area (TPSA) is 41.4 Å². The molecule has 0 bridgehead atoms. The average Bonchev–Trinajstić information content (AvgIpc) is 3.02. The van der Waals surface area contributed by atoms with Crippen molar-refractivity contribution in [1.82, 2.24) is 19.6 Å². The molecule has 0 radical (unpaired) electrons.